The largest absolute Gasteiger partial charge is 0.469 e. The second-order valence-electron chi connectivity index (χ2n) is 10.6. The summed E-state index contributed by atoms with van der Waals surface area (Å²) in [5.41, 5.74) is 9.71. The molecule has 4 aromatic carbocycles. The fourth-order valence-corrected chi connectivity index (χ4v) is 7.91. The number of carbonyl (C=O) groups excluding carboxylic acids is 1. The molecule has 0 amide bonds. The van der Waals surface area contributed by atoms with Crippen LogP contribution in [0.5, 0.6) is 0 Å². The summed E-state index contributed by atoms with van der Waals surface area (Å²) in [6.07, 6.45) is 3.31. The van der Waals surface area contributed by atoms with Gasteiger partial charge in [0, 0.05) is 10.8 Å². The van der Waals surface area contributed by atoms with Crippen molar-refractivity contribution in [1.82, 2.24) is 0 Å². The Balaban J connectivity index is 1.74. The number of rotatable bonds is 7. The summed E-state index contributed by atoms with van der Waals surface area (Å²) in [5, 5.41) is 0. The Labute approximate surface area is 220 Å². The summed E-state index contributed by atoms with van der Waals surface area (Å²) < 4.78 is 5.42. The fraction of sp³-hybridized carbons (Fsp3) is 0.286. The smallest absolute Gasteiger partial charge is 0.306 e. The van der Waals surface area contributed by atoms with Crippen LogP contribution in [0.25, 0.3) is 22.3 Å². The van der Waals surface area contributed by atoms with Crippen molar-refractivity contribution >= 4 is 5.97 Å². The molecule has 0 bridgehead atoms. The van der Waals surface area contributed by atoms with Gasteiger partial charge in [0.2, 0.25) is 0 Å². The highest BCUT2D eigenvalue weighted by atomic mass is 16.5. The van der Waals surface area contributed by atoms with Gasteiger partial charge in [0.25, 0.3) is 0 Å². The first-order valence-corrected chi connectivity index (χ1v) is 13.6. The van der Waals surface area contributed by atoms with E-state index in [4.69, 9.17) is 4.74 Å². The van der Waals surface area contributed by atoms with Crippen molar-refractivity contribution in [2.45, 2.75) is 50.4 Å². The van der Waals surface area contributed by atoms with E-state index < -0.39 is 5.41 Å². The zero-order valence-electron chi connectivity index (χ0n) is 22.0. The summed E-state index contributed by atoms with van der Waals surface area (Å²) >= 11 is 0. The molecule has 6 rings (SSSR count). The molecule has 0 N–H and O–H groups in total. The second-order valence-corrected chi connectivity index (χ2v) is 10.6. The van der Waals surface area contributed by atoms with Gasteiger partial charge in [0.05, 0.1) is 13.5 Å². The number of hydrogen-bond acceptors (Lipinski definition) is 2. The summed E-state index contributed by atoms with van der Waals surface area (Å²) in [6, 6.07) is 35.4. The van der Waals surface area contributed by atoms with E-state index in [0.717, 1.165) is 19.3 Å². The zero-order chi connectivity index (χ0) is 25.6. The molecule has 0 spiro atoms. The standard InChI is InChI=1S/C35H34O2/c1-4-14-32(34(5-2)28-19-10-6-15-24(28)25-16-7-11-20-29(25)34)35(23-33(36)37-3)30-21-12-8-17-26(30)27-18-9-13-22-31(27)35/h6-13,15-22,32H,4-5,14,23H2,1-3H3. The normalized spacial score (nSPS) is 16.3. The molecule has 0 aliphatic heterocycles. The Bertz CT molecular complexity index is 1390. The van der Waals surface area contributed by atoms with Gasteiger partial charge in [0.15, 0.2) is 0 Å². The van der Waals surface area contributed by atoms with Crippen molar-refractivity contribution in [1.29, 1.82) is 0 Å². The van der Waals surface area contributed by atoms with Gasteiger partial charge in [-0.15, -0.1) is 0 Å². The Kier molecular flexibility index (Phi) is 5.79. The molecule has 0 aromatic heterocycles. The van der Waals surface area contributed by atoms with E-state index >= 15 is 0 Å². The summed E-state index contributed by atoms with van der Waals surface area (Å²) in [5.74, 6) is 0.00197. The third-order valence-corrected chi connectivity index (χ3v) is 9.19. The maximum atomic E-state index is 13.4. The number of hydrogen-bond donors (Lipinski definition) is 0. The predicted molar refractivity (Wildman–Crippen MR) is 151 cm³/mol. The highest BCUT2D eigenvalue weighted by molar-refractivity contribution is 5.87. The molecule has 2 aliphatic rings. The zero-order valence-corrected chi connectivity index (χ0v) is 22.0. The van der Waals surface area contributed by atoms with E-state index in [1.165, 1.54) is 51.6 Å². The van der Waals surface area contributed by atoms with Crippen LogP contribution in [0.15, 0.2) is 97.1 Å². The molecule has 186 valence electrons. The maximum Gasteiger partial charge on any atom is 0.306 e. The van der Waals surface area contributed by atoms with E-state index in [1.54, 1.807) is 0 Å². The van der Waals surface area contributed by atoms with Crippen LogP contribution in [0, 0.1) is 5.92 Å². The summed E-state index contributed by atoms with van der Waals surface area (Å²) in [6.45, 7) is 4.61. The first-order valence-electron chi connectivity index (χ1n) is 13.6. The fourth-order valence-electron chi connectivity index (χ4n) is 7.91. The molecule has 2 aliphatic carbocycles. The molecular weight excluding hydrogens is 452 g/mol. The van der Waals surface area contributed by atoms with Crippen molar-refractivity contribution in [3.8, 4) is 22.3 Å². The molecule has 0 radical (unpaired) electrons. The van der Waals surface area contributed by atoms with Crippen molar-refractivity contribution in [2.75, 3.05) is 7.11 Å². The Hall–Kier alpha value is -3.65. The lowest BCUT2D eigenvalue weighted by Crippen LogP contribution is -2.49. The SMILES string of the molecule is CCCC(C1(CC)c2ccccc2-c2ccccc21)C1(CC(=O)OC)c2ccccc2-c2ccccc21. The number of fused-ring (bicyclic) bond motifs is 6. The number of methoxy groups -OCH3 is 1. The third kappa shape index (κ3) is 3.14. The van der Waals surface area contributed by atoms with Gasteiger partial charge in [-0.2, -0.15) is 0 Å². The number of ether oxygens (including phenoxy) is 1. The minimum atomic E-state index is -0.503. The lowest BCUT2D eigenvalue weighted by Gasteiger charge is -2.50. The van der Waals surface area contributed by atoms with Gasteiger partial charge in [-0.05, 0) is 63.3 Å². The van der Waals surface area contributed by atoms with E-state index in [-0.39, 0.29) is 17.3 Å². The summed E-state index contributed by atoms with van der Waals surface area (Å²) in [4.78, 5) is 13.4. The first kappa shape index (κ1) is 23.7. The number of benzene rings is 4. The molecule has 1 atom stereocenters. The van der Waals surface area contributed by atoms with Crippen molar-refractivity contribution in [2.24, 2.45) is 5.92 Å². The lowest BCUT2D eigenvalue weighted by molar-refractivity contribution is -0.142. The van der Waals surface area contributed by atoms with Gasteiger partial charge in [-0.3, -0.25) is 4.79 Å². The van der Waals surface area contributed by atoms with Gasteiger partial charge in [0.1, 0.15) is 0 Å². The van der Waals surface area contributed by atoms with Crippen LogP contribution in [0.4, 0.5) is 0 Å². The Morgan fingerprint density at radius 3 is 1.38 bits per heavy atom. The first-order chi connectivity index (χ1) is 18.1. The van der Waals surface area contributed by atoms with Crippen LogP contribution in [0.1, 0.15) is 61.8 Å². The predicted octanol–water partition coefficient (Wildman–Crippen LogP) is 8.31. The highest BCUT2D eigenvalue weighted by Gasteiger charge is 2.59. The summed E-state index contributed by atoms with van der Waals surface area (Å²) in [7, 11) is 1.52. The van der Waals surface area contributed by atoms with Gasteiger partial charge in [-0.1, -0.05) is 117 Å². The Morgan fingerprint density at radius 1 is 0.649 bits per heavy atom. The quantitative estimate of drug-likeness (QED) is 0.246. The second kappa shape index (κ2) is 9.03. The van der Waals surface area contributed by atoms with Gasteiger partial charge < -0.3 is 4.74 Å². The molecule has 0 saturated heterocycles. The van der Waals surface area contributed by atoms with Crippen LogP contribution in [-0.4, -0.2) is 13.1 Å². The topological polar surface area (TPSA) is 26.3 Å². The highest BCUT2D eigenvalue weighted by Crippen LogP contribution is 2.65. The van der Waals surface area contributed by atoms with E-state index in [2.05, 4.69) is 111 Å². The maximum absolute atomic E-state index is 13.4. The molecule has 2 heteroatoms. The van der Waals surface area contributed by atoms with Crippen molar-refractivity contribution in [3.63, 3.8) is 0 Å². The number of esters is 1. The Morgan fingerprint density at radius 2 is 1.03 bits per heavy atom. The minimum absolute atomic E-state index is 0.154. The molecule has 1 unspecified atom stereocenters. The minimum Gasteiger partial charge on any atom is -0.469 e. The molecule has 37 heavy (non-hydrogen) atoms. The molecule has 0 saturated carbocycles. The molecule has 4 aromatic rings. The monoisotopic (exact) mass is 486 g/mol. The van der Waals surface area contributed by atoms with Crippen LogP contribution in [0.3, 0.4) is 0 Å². The van der Waals surface area contributed by atoms with Crippen LogP contribution in [-0.2, 0) is 20.4 Å². The van der Waals surface area contributed by atoms with Crippen LogP contribution in [0.2, 0.25) is 0 Å². The molecule has 0 fully saturated rings. The third-order valence-electron chi connectivity index (χ3n) is 9.19. The van der Waals surface area contributed by atoms with Gasteiger partial charge >= 0.3 is 5.97 Å². The van der Waals surface area contributed by atoms with E-state index in [1.807, 2.05) is 0 Å². The molecule has 2 nitrogen and oxygen atoms in total. The van der Waals surface area contributed by atoms with Crippen LogP contribution >= 0.6 is 0 Å². The van der Waals surface area contributed by atoms with E-state index in [9.17, 15) is 4.79 Å². The van der Waals surface area contributed by atoms with Gasteiger partial charge in [-0.25, -0.2) is 0 Å². The molecule has 0 heterocycles. The average molecular weight is 487 g/mol. The van der Waals surface area contributed by atoms with E-state index in [0.29, 0.717) is 6.42 Å². The van der Waals surface area contributed by atoms with Crippen molar-refractivity contribution in [3.05, 3.63) is 119 Å². The number of carbonyl (C=O) groups is 1. The van der Waals surface area contributed by atoms with Crippen LogP contribution < -0.4 is 0 Å². The molecular formula is C35H34O2. The lowest BCUT2D eigenvalue weighted by atomic mass is 9.52. The van der Waals surface area contributed by atoms with Crippen molar-refractivity contribution < 1.29 is 9.53 Å². The average Bonchev–Trinajstić information content (AvgIpc) is 3.40.